The number of nitrogens with zero attached hydrogens (tertiary/aromatic N) is 4. The quantitative estimate of drug-likeness (QED) is 0.606. The minimum absolute atomic E-state index is 0.148. The molecule has 0 fully saturated rings. The smallest absolute Gasteiger partial charge is 0.329 e. The van der Waals surface area contributed by atoms with Gasteiger partial charge in [-0.1, -0.05) is 42.5 Å². The van der Waals surface area contributed by atoms with Crippen LogP contribution >= 0.6 is 0 Å². The number of aromatic nitrogens is 4. The summed E-state index contributed by atoms with van der Waals surface area (Å²) in [5, 5.41) is 0. The average molecular weight is 359 g/mol. The number of fused-ring (bicyclic) bond motifs is 1. The van der Waals surface area contributed by atoms with E-state index in [1.54, 1.807) is 10.8 Å². The molecule has 136 valence electrons. The molecule has 4 rings (SSSR count). The van der Waals surface area contributed by atoms with Crippen LogP contribution in [0.5, 0.6) is 0 Å². The van der Waals surface area contributed by atoms with Gasteiger partial charge in [0.15, 0.2) is 11.3 Å². The molecule has 4 aromatic rings. The number of nitrogens with one attached hydrogen (secondary N) is 1. The lowest BCUT2D eigenvalue weighted by Gasteiger charge is -2.14. The van der Waals surface area contributed by atoms with Crippen molar-refractivity contribution in [3.63, 3.8) is 0 Å². The fourth-order valence-electron chi connectivity index (χ4n) is 3.22. The zero-order chi connectivity index (χ0) is 19.0. The third-order valence-electron chi connectivity index (χ3n) is 4.75. The molecule has 2 heterocycles. The second kappa shape index (κ2) is 6.72. The first-order valence-corrected chi connectivity index (χ1v) is 8.84. The molecule has 0 spiro atoms. The van der Waals surface area contributed by atoms with Gasteiger partial charge in [-0.05, 0) is 24.6 Å². The highest BCUT2D eigenvalue weighted by Crippen LogP contribution is 2.24. The minimum Gasteiger partial charge on any atom is -0.378 e. The third kappa shape index (κ3) is 3.10. The first kappa shape index (κ1) is 17.0. The molecule has 0 aliphatic heterocycles. The molecule has 0 amide bonds. The number of hydrogen-bond acceptors (Lipinski definition) is 4. The molecular formula is C21H21N5O. The Labute approximate surface area is 157 Å². The summed E-state index contributed by atoms with van der Waals surface area (Å²) in [6.45, 7) is 1.99. The van der Waals surface area contributed by atoms with Crippen LogP contribution in [0.25, 0.3) is 22.6 Å². The van der Waals surface area contributed by atoms with Crippen LogP contribution in [-0.4, -0.2) is 33.6 Å². The Hall–Kier alpha value is -3.41. The van der Waals surface area contributed by atoms with Crippen LogP contribution < -0.4 is 10.6 Å². The fourth-order valence-corrected chi connectivity index (χ4v) is 3.22. The zero-order valence-electron chi connectivity index (χ0n) is 15.5. The maximum absolute atomic E-state index is 12.6. The van der Waals surface area contributed by atoms with E-state index >= 15 is 0 Å². The Kier molecular flexibility index (Phi) is 4.24. The van der Waals surface area contributed by atoms with E-state index in [2.05, 4.69) is 16.0 Å². The van der Waals surface area contributed by atoms with Crippen molar-refractivity contribution in [2.45, 2.75) is 13.0 Å². The number of aromatic amines is 1. The minimum atomic E-state index is -0.208. The second-order valence-electron chi connectivity index (χ2n) is 6.76. The van der Waals surface area contributed by atoms with Crippen molar-refractivity contribution < 1.29 is 0 Å². The van der Waals surface area contributed by atoms with Crippen LogP contribution in [0, 0.1) is 0 Å². The van der Waals surface area contributed by atoms with Gasteiger partial charge in [-0.3, -0.25) is 9.55 Å². The van der Waals surface area contributed by atoms with E-state index in [1.165, 1.54) is 0 Å². The van der Waals surface area contributed by atoms with Crippen molar-refractivity contribution >= 4 is 17.0 Å². The van der Waals surface area contributed by atoms with Crippen LogP contribution in [0.1, 0.15) is 18.5 Å². The van der Waals surface area contributed by atoms with Gasteiger partial charge in [0.1, 0.15) is 0 Å². The number of rotatable bonds is 4. The Bertz CT molecular complexity index is 1140. The van der Waals surface area contributed by atoms with E-state index in [-0.39, 0.29) is 11.7 Å². The van der Waals surface area contributed by atoms with Gasteiger partial charge in [0, 0.05) is 25.3 Å². The van der Waals surface area contributed by atoms with E-state index in [1.807, 2.05) is 74.4 Å². The Morgan fingerprint density at radius 2 is 1.85 bits per heavy atom. The van der Waals surface area contributed by atoms with E-state index in [0.29, 0.717) is 11.3 Å². The number of benzene rings is 2. The molecule has 0 aliphatic rings. The largest absolute Gasteiger partial charge is 0.378 e. The molecule has 1 atom stereocenters. The Balaban J connectivity index is 1.85. The van der Waals surface area contributed by atoms with Crippen molar-refractivity contribution in [2.75, 3.05) is 19.0 Å². The molecule has 0 bridgehead atoms. The molecule has 27 heavy (non-hydrogen) atoms. The SMILES string of the molecule is CC(c1ccccc1)n1c(=O)[nH]c2ncc(-c3cccc(N(C)C)c3)nc21. The molecule has 1 unspecified atom stereocenters. The predicted octanol–water partition coefficient (Wildman–Crippen LogP) is 3.46. The standard InChI is InChI=1S/C21H21N5O/c1-14(15-8-5-4-6-9-15)26-20-19(24-21(26)27)22-13-18(23-20)16-10-7-11-17(12-16)25(2)3/h4-14H,1-3H3,(H,22,24,27). The van der Waals surface area contributed by atoms with Crippen molar-refractivity contribution in [1.29, 1.82) is 0 Å². The van der Waals surface area contributed by atoms with Crippen molar-refractivity contribution in [1.82, 2.24) is 19.5 Å². The highest BCUT2D eigenvalue weighted by molar-refractivity contribution is 5.72. The van der Waals surface area contributed by atoms with Crippen molar-refractivity contribution in [3.05, 3.63) is 76.8 Å². The summed E-state index contributed by atoms with van der Waals surface area (Å²) in [7, 11) is 4.00. The number of H-pyrrole nitrogens is 1. The van der Waals surface area contributed by atoms with Gasteiger partial charge in [-0.15, -0.1) is 0 Å². The lowest BCUT2D eigenvalue weighted by Crippen LogP contribution is -2.21. The summed E-state index contributed by atoms with van der Waals surface area (Å²) in [6, 6.07) is 17.9. The van der Waals surface area contributed by atoms with Gasteiger partial charge in [-0.2, -0.15) is 0 Å². The predicted molar refractivity (Wildman–Crippen MR) is 108 cm³/mol. The summed E-state index contributed by atoms with van der Waals surface area (Å²) in [4.78, 5) is 26.6. The first-order valence-electron chi connectivity index (χ1n) is 8.84. The second-order valence-corrected chi connectivity index (χ2v) is 6.76. The molecule has 0 saturated carbocycles. The van der Waals surface area contributed by atoms with Crippen LogP contribution in [-0.2, 0) is 0 Å². The summed E-state index contributed by atoms with van der Waals surface area (Å²) in [5.41, 5.74) is 4.67. The molecule has 0 aliphatic carbocycles. The van der Waals surface area contributed by atoms with Gasteiger partial charge in [0.25, 0.3) is 0 Å². The van der Waals surface area contributed by atoms with Crippen molar-refractivity contribution in [3.8, 4) is 11.3 Å². The van der Waals surface area contributed by atoms with Crippen LogP contribution in [0.2, 0.25) is 0 Å². The first-order chi connectivity index (χ1) is 13.0. The zero-order valence-corrected chi connectivity index (χ0v) is 15.5. The molecular weight excluding hydrogens is 338 g/mol. The Morgan fingerprint density at radius 1 is 1.07 bits per heavy atom. The average Bonchev–Trinajstić information content (AvgIpc) is 3.03. The third-order valence-corrected chi connectivity index (χ3v) is 4.75. The molecule has 0 saturated heterocycles. The highest BCUT2D eigenvalue weighted by Gasteiger charge is 2.17. The molecule has 6 heteroatoms. The van der Waals surface area contributed by atoms with Gasteiger partial charge < -0.3 is 4.90 Å². The van der Waals surface area contributed by atoms with E-state index < -0.39 is 0 Å². The van der Waals surface area contributed by atoms with Crippen LogP contribution in [0.3, 0.4) is 0 Å². The van der Waals surface area contributed by atoms with Crippen LogP contribution in [0.15, 0.2) is 65.6 Å². The highest BCUT2D eigenvalue weighted by atomic mass is 16.1. The van der Waals surface area contributed by atoms with Gasteiger partial charge in [0.2, 0.25) is 0 Å². The lowest BCUT2D eigenvalue weighted by atomic mass is 10.1. The van der Waals surface area contributed by atoms with Crippen molar-refractivity contribution in [2.24, 2.45) is 0 Å². The lowest BCUT2D eigenvalue weighted by molar-refractivity contribution is 0.631. The Morgan fingerprint density at radius 3 is 2.59 bits per heavy atom. The van der Waals surface area contributed by atoms with Gasteiger partial charge in [-0.25, -0.2) is 14.8 Å². The van der Waals surface area contributed by atoms with Gasteiger partial charge >= 0.3 is 5.69 Å². The maximum atomic E-state index is 12.6. The number of hydrogen-bond donors (Lipinski definition) is 1. The summed E-state index contributed by atoms with van der Waals surface area (Å²) in [6.07, 6.45) is 1.70. The summed E-state index contributed by atoms with van der Waals surface area (Å²) >= 11 is 0. The topological polar surface area (TPSA) is 66.8 Å². The summed E-state index contributed by atoms with van der Waals surface area (Å²) in [5.74, 6) is 0. The molecule has 2 aromatic heterocycles. The van der Waals surface area contributed by atoms with Gasteiger partial charge in [0.05, 0.1) is 17.9 Å². The number of anilines is 1. The monoisotopic (exact) mass is 359 g/mol. The number of imidazole rings is 1. The molecule has 2 aromatic carbocycles. The van der Waals surface area contributed by atoms with E-state index in [0.717, 1.165) is 22.5 Å². The maximum Gasteiger partial charge on any atom is 0.329 e. The van der Waals surface area contributed by atoms with Crippen LogP contribution in [0.4, 0.5) is 5.69 Å². The fraction of sp³-hybridized carbons (Fsp3) is 0.190. The molecule has 0 radical (unpaired) electrons. The normalized spacial score (nSPS) is 12.3. The van der Waals surface area contributed by atoms with E-state index in [9.17, 15) is 4.79 Å². The van der Waals surface area contributed by atoms with E-state index in [4.69, 9.17) is 4.98 Å². The summed E-state index contributed by atoms with van der Waals surface area (Å²) < 4.78 is 1.66. The molecule has 1 N–H and O–H groups in total. The molecule has 6 nitrogen and oxygen atoms in total.